The van der Waals surface area contributed by atoms with Crippen molar-refractivity contribution in [2.24, 2.45) is 0 Å². The number of carbonyl (C=O) groups is 2. The fourth-order valence-electron chi connectivity index (χ4n) is 1.84. The maximum atomic E-state index is 12.1. The summed E-state index contributed by atoms with van der Waals surface area (Å²) in [5.41, 5.74) is 0.841. The molecule has 0 fully saturated rings. The number of amides is 2. The van der Waals surface area contributed by atoms with Crippen molar-refractivity contribution in [3.63, 3.8) is 0 Å². The molecular weight excluding hydrogens is 332 g/mol. The highest BCUT2D eigenvalue weighted by molar-refractivity contribution is 7.18. The van der Waals surface area contributed by atoms with Gasteiger partial charge in [0, 0.05) is 12.7 Å². The zero-order valence-electron chi connectivity index (χ0n) is 13.5. The van der Waals surface area contributed by atoms with Gasteiger partial charge < -0.3 is 14.8 Å². The molecule has 0 aliphatic rings. The second kappa shape index (κ2) is 8.37. The van der Waals surface area contributed by atoms with E-state index in [1.165, 1.54) is 18.4 Å². The first-order chi connectivity index (χ1) is 11.5. The average molecular weight is 350 g/mol. The standard InChI is InChI=1S/C15H18N4O4S/c1-9(16-12(20)8-22-2)13(21)17-15-19-18-14(24-15)10-5-4-6-11(7-10)23-3/h4-7,9H,8H2,1-3H3,(H,16,20)(H,17,19,21)/t9-/m0/s1. The van der Waals surface area contributed by atoms with E-state index in [0.29, 0.717) is 15.9 Å². The van der Waals surface area contributed by atoms with Crippen LogP contribution in [0.15, 0.2) is 24.3 Å². The third kappa shape index (κ3) is 4.74. The second-order valence-corrected chi connectivity index (χ2v) is 5.83. The minimum absolute atomic E-state index is 0.101. The number of anilines is 1. The highest BCUT2D eigenvalue weighted by atomic mass is 32.1. The molecule has 0 aliphatic carbocycles. The minimum atomic E-state index is -0.711. The van der Waals surface area contributed by atoms with Gasteiger partial charge in [-0.05, 0) is 19.1 Å². The molecule has 0 bridgehead atoms. The number of benzene rings is 1. The van der Waals surface area contributed by atoms with Gasteiger partial charge in [-0.15, -0.1) is 10.2 Å². The SMILES string of the molecule is COCC(=O)N[C@@H](C)C(=O)Nc1nnc(-c2cccc(OC)c2)s1. The van der Waals surface area contributed by atoms with E-state index in [1.807, 2.05) is 24.3 Å². The van der Waals surface area contributed by atoms with Gasteiger partial charge in [0.05, 0.1) is 7.11 Å². The molecule has 1 heterocycles. The summed E-state index contributed by atoms with van der Waals surface area (Å²) >= 11 is 1.23. The van der Waals surface area contributed by atoms with Crippen molar-refractivity contribution in [2.45, 2.75) is 13.0 Å². The molecule has 0 aliphatic heterocycles. The largest absolute Gasteiger partial charge is 0.497 e. The van der Waals surface area contributed by atoms with Crippen LogP contribution in [0.1, 0.15) is 6.92 Å². The van der Waals surface area contributed by atoms with Crippen molar-refractivity contribution in [2.75, 3.05) is 26.1 Å². The van der Waals surface area contributed by atoms with Crippen molar-refractivity contribution in [1.82, 2.24) is 15.5 Å². The van der Waals surface area contributed by atoms with E-state index in [4.69, 9.17) is 9.47 Å². The van der Waals surface area contributed by atoms with Crippen LogP contribution in [0.5, 0.6) is 5.75 Å². The molecule has 2 amide bonds. The molecule has 24 heavy (non-hydrogen) atoms. The van der Waals surface area contributed by atoms with Crippen LogP contribution in [-0.2, 0) is 14.3 Å². The summed E-state index contributed by atoms with van der Waals surface area (Å²) in [4.78, 5) is 23.5. The van der Waals surface area contributed by atoms with Crippen molar-refractivity contribution in [3.8, 4) is 16.3 Å². The number of nitrogens with zero attached hydrogens (tertiary/aromatic N) is 2. The second-order valence-electron chi connectivity index (χ2n) is 4.86. The fourth-order valence-corrected chi connectivity index (χ4v) is 2.58. The molecule has 1 aromatic heterocycles. The van der Waals surface area contributed by atoms with E-state index in [9.17, 15) is 9.59 Å². The maximum absolute atomic E-state index is 12.1. The first-order valence-electron chi connectivity index (χ1n) is 7.10. The minimum Gasteiger partial charge on any atom is -0.497 e. The number of hydrogen-bond donors (Lipinski definition) is 2. The van der Waals surface area contributed by atoms with E-state index < -0.39 is 6.04 Å². The third-order valence-electron chi connectivity index (χ3n) is 3.02. The van der Waals surface area contributed by atoms with E-state index >= 15 is 0 Å². The van der Waals surface area contributed by atoms with Crippen LogP contribution in [0.3, 0.4) is 0 Å². The van der Waals surface area contributed by atoms with Crippen LogP contribution in [-0.4, -0.2) is 48.9 Å². The van der Waals surface area contributed by atoms with Crippen LogP contribution in [0.4, 0.5) is 5.13 Å². The number of aromatic nitrogens is 2. The molecule has 128 valence electrons. The summed E-state index contributed by atoms with van der Waals surface area (Å²) < 4.78 is 9.87. The van der Waals surface area contributed by atoms with Gasteiger partial charge in [-0.25, -0.2) is 0 Å². The van der Waals surface area contributed by atoms with E-state index in [1.54, 1.807) is 14.0 Å². The number of ether oxygens (including phenoxy) is 2. The Kier molecular flexibility index (Phi) is 6.21. The molecule has 9 heteroatoms. The Bertz CT molecular complexity index is 719. The van der Waals surface area contributed by atoms with Gasteiger partial charge in [0.25, 0.3) is 0 Å². The Morgan fingerprint density at radius 2 is 2.08 bits per heavy atom. The van der Waals surface area contributed by atoms with Gasteiger partial charge in [-0.1, -0.05) is 23.5 Å². The predicted octanol–water partition coefficient (Wildman–Crippen LogP) is 1.30. The maximum Gasteiger partial charge on any atom is 0.248 e. The normalized spacial score (nSPS) is 11.6. The smallest absolute Gasteiger partial charge is 0.248 e. The molecule has 2 N–H and O–H groups in total. The fraction of sp³-hybridized carbons (Fsp3) is 0.333. The van der Waals surface area contributed by atoms with Crippen LogP contribution in [0, 0.1) is 0 Å². The average Bonchev–Trinajstić information content (AvgIpc) is 3.03. The van der Waals surface area contributed by atoms with E-state index in [2.05, 4.69) is 20.8 Å². The van der Waals surface area contributed by atoms with Gasteiger partial charge >= 0.3 is 0 Å². The number of carbonyl (C=O) groups excluding carboxylic acids is 2. The Hall–Kier alpha value is -2.52. The van der Waals surface area contributed by atoms with E-state index in [0.717, 1.165) is 5.56 Å². The first kappa shape index (κ1) is 17.8. The number of nitrogens with one attached hydrogen (secondary N) is 2. The molecule has 1 atom stereocenters. The summed E-state index contributed by atoms with van der Waals surface area (Å²) in [7, 11) is 3.00. The molecule has 2 rings (SSSR count). The van der Waals surface area contributed by atoms with E-state index in [-0.39, 0.29) is 18.4 Å². The zero-order valence-corrected chi connectivity index (χ0v) is 14.3. The molecule has 2 aromatic rings. The monoisotopic (exact) mass is 350 g/mol. The molecule has 0 unspecified atom stereocenters. The zero-order chi connectivity index (χ0) is 17.5. The highest BCUT2D eigenvalue weighted by Gasteiger charge is 2.17. The summed E-state index contributed by atoms with van der Waals surface area (Å²) in [5, 5.41) is 14.2. The molecular formula is C15H18N4O4S. The summed E-state index contributed by atoms with van der Waals surface area (Å²) in [5.74, 6) is -0.0370. The summed E-state index contributed by atoms with van der Waals surface area (Å²) in [6, 6.07) is 6.68. The highest BCUT2D eigenvalue weighted by Crippen LogP contribution is 2.28. The lowest BCUT2D eigenvalue weighted by Gasteiger charge is -2.12. The van der Waals surface area contributed by atoms with Crippen molar-refractivity contribution >= 4 is 28.3 Å². The lowest BCUT2D eigenvalue weighted by molar-refractivity contribution is -0.128. The Labute approximate surface area is 143 Å². The van der Waals surface area contributed by atoms with Crippen molar-refractivity contribution in [3.05, 3.63) is 24.3 Å². The van der Waals surface area contributed by atoms with Crippen LogP contribution < -0.4 is 15.4 Å². The molecule has 0 saturated heterocycles. The van der Waals surface area contributed by atoms with Gasteiger partial charge in [0.15, 0.2) is 0 Å². The first-order valence-corrected chi connectivity index (χ1v) is 7.92. The van der Waals surface area contributed by atoms with Crippen LogP contribution in [0.25, 0.3) is 10.6 Å². The summed E-state index contributed by atoms with van der Waals surface area (Å²) in [6.07, 6.45) is 0. The Balaban J connectivity index is 2.00. The lowest BCUT2D eigenvalue weighted by atomic mass is 10.2. The Morgan fingerprint density at radius 3 is 2.79 bits per heavy atom. The number of methoxy groups -OCH3 is 2. The Morgan fingerprint density at radius 1 is 1.29 bits per heavy atom. The van der Waals surface area contributed by atoms with Gasteiger partial charge in [-0.2, -0.15) is 0 Å². The quantitative estimate of drug-likeness (QED) is 0.780. The lowest BCUT2D eigenvalue weighted by Crippen LogP contribution is -2.43. The molecule has 0 spiro atoms. The summed E-state index contributed by atoms with van der Waals surface area (Å²) in [6.45, 7) is 1.48. The van der Waals surface area contributed by atoms with Crippen LogP contribution in [0.2, 0.25) is 0 Å². The molecule has 8 nitrogen and oxygen atoms in total. The van der Waals surface area contributed by atoms with Crippen LogP contribution >= 0.6 is 11.3 Å². The van der Waals surface area contributed by atoms with Gasteiger partial charge in [0.1, 0.15) is 23.4 Å². The number of hydrogen-bond acceptors (Lipinski definition) is 7. The predicted molar refractivity (Wildman–Crippen MR) is 90.0 cm³/mol. The third-order valence-corrected chi connectivity index (χ3v) is 3.91. The van der Waals surface area contributed by atoms with Crippen molar-refractivity contribution < 1.29 is 19.1 Å². The van der Waals surface area contributed by atoms with Gasteiger partial charge in [0.2, 0.25) is 16.9 Å². The number of rotatable bonds is 7. The molecule has 0 saturated carbocycles. The topological polar surface area (TPSA) is 102 Å². The van der Waals surface area contributed by atoms with Gasteiger partial charge in [-0.3, -0.25) is 14.9 Å². The molecule has 0 radical (unpaired) electrons. The van der Waals surface area contributed by atoms with Crippen molar-refractivity contribution in [1.29, 1.82) is 0 Å². The molecule has 1 aromatic carbocycles.